The molecule has 0 fully saturated rings. The molecule has 40 heavy (non-hydrogen) atoms. The lowest BCUT2D eigenvalue weighted by molar-refractivity contribution is -0.152. The maximum absolute atomic E-state index is 11.9. The van der Waals surface area contributed by atoms with Crippen molar-refractivity contribution in [2.45, 2.75) is 194 Å². The third kappa shape index (κ3) is 32.9. The Kier molecular flexibility index (Phi) is 32.8. The van der Waals surface area contributed by atoms with Crippen molar-refractivity contribution in [1.29, 1.82) is 0 Å². The van der Waals surface area contributed by atoms with Gasteiger partial charge in [0.2, 0.25) is 0 Å². The summed E-state index contributed by atoms with van der Waals surface area (Å²) in [6.45, 7) is 4.88. The summed E-state index contributed by atoms with van der Waals surface area (Å²) in [5.41, 5.74) is 0. The first kappa shape index (κ1) is 38.7. The van der Waals surface area contributed by atoms with Crippen LogP contribution in [0.5, 0.6) is 0 Å². The SMILES string of the molecule is CCCCCCC/C=C/CCCCCCCCC(=O)OCCOC(=O)CCCCCCCCCCCCCCC. The molecule has 0 aromatic rings. The average Bonchev–Trinajstić information content (AvgIpc) is 2.95. The van der Waals surface area contributed by atoms with E-state index in [-0.39, 0.29) is 25.2 Å². The topological polar surface area (TPSA) is 52.6 Å². The van der Waals surface area contributed by atoms with Gasteiger partial charge in [0.25, 0.3) is 0 Å². The molecule has 0 aliphatic carbocycles. The van der Waals surface area contributed by atoms with Crippen molar-refractivity contribution in [3.8, 4) is 0 Å². The van der Waals surface area contributed by atoms with Gasteiger partial charge in [-0.15, -0.1) is 0 Å². The van der Waals surface area contributed by atoms with Crippen molar-refractivity contribution >= 4 is 11.9 Å². The molecule has 0 aliphatic heterocycles. The monoisotopic (exact) mass is 565 g/mol. The van der Waals surface area contributed by atoms with Gasteiger partial charge in [-0.05, 0) is 38.5 Å². The molecule has 0 rings (SSSR count). The van der Waals surface area contributed by atoms with Crippen molar-refractivity contribution in [1.82, 2.24) is 0 Å². The third-order valence-corrected chi connectivity index (χ3v) is 7.74. The van der Waals surface area contributed by atoms with Gasteiger partial charge in [-0.2, -0.15) is 0 Å². The highest BCUT2D eigenvalue weighted by atomic mass is 16.6. The predicted octanol–water partition coefficient (Wildman–Crippen LogP) is 11.6. The minimum Gasteiger partial charge on any atom is -0.462 e. The van der Waals surface area contributed by atoms with Crippen LogP contribution in [0.3, 0.4) is 0 Å². The van der Waals surface area contributed by atoms with Crippen LogP contribution in [0.4, 0.5) is 0 Å². The Morgan fingerprint density at radius 1 is 0.400 bits per heavy atom. The molecule has 0 spiro atoms. The van der Waals surface area contributed by atoms with Gasteiger partial charge in [0, 0.05) is 12.8 Å². The second-order valence-corrected chi connectivity index (χ2v) is 11.8. The fourth-order valence-electron chi connectivity index (χ4n) is 5.08. The van der Waals surface area contributed by atoms with Crippen LogP contribution in [-0.2, 0) is 19.1 Å². The van der Waals surface area contributed by atoms with Crippen molar-refractivity contribution in [2.75, 3.05) is 13.2 Å². The molecule has 0 atom stereocenters. The van der Waals surface area contributed by atoms with Crippen molar-refractivity contribution in [3.63, 3.8) is 0 Å². The summed E-state index contributed by atoms with van der Waals surface area (Å²) in [7, 11) is 0. The molecular weight excluding hydrogens is 496 g/mol. The van der Waals surface area contributed by atoms with Gasteiger partial charge in [0.05, 0.1) is 0 Å². The first-order valence-electron chi connectivity index (χ1n) is 17.7. The molecule has 236 valence electrons. The minimum atomic E-state index is -0.174. The highest BCUT2D eigenvalue weighted by molar-refractivity contribution is 5.70. The summed E-state index contributed by atoms with van der Waals surface area (Å²) in [4.78, 5) is 23.7. The smallest absolute Gasteiger partial charge is 0.305 e. The zero-order valence-corrected chi connectivity index (χ0v) is 27.0. The fourth-order valence-corrected chi connectivity index (χ4v) is 5.08. The molecule has 0 aromatic carbocycles. The maximum Gasteiger partial charge on any atom is 0.305 e. The second kappa shape index (κ2) is 33.9. The molecule has 0 aromatic heterocycles. The van der Waals surface area contributed by atoms with E-state index in [2.05, 4.69) is 26.0 Å². The van der Waals surface area contributed by atoms with Gasteiger partial charge in [-0.1, -0.05) is 154 Å². The molecule has 4 heteroatoms. The summed E-state index contributed by atoms with van der Waals surface area (Å²) < 4.78 is 10.4. The molecule has 0 bridgehead atoms. The molecule has 0 unspecified atom stereocenters. The third-order valence-electron chi connectivity index (χ3n) is 7.74. The number of carbonyl (C=O) groups excluding carboxylic acids is 2. The van der Waals surface area contributed by atoms with Crippen LogP contribution >= 0.6 is 0 Å². The summed E-state index contributed by atoms with van der Waals surface area (Å²) >= 11 is 0. The van der Waals surface area contributed by atoms with Gasteiger partial charge in [0.15, 0.2) is 0 Å². The molecule has 4 nitrogen and oxygen atoms in total. The van der Waals surface area contributed by atoms with E-state index in [0.29, 0.717) is 12.8 Å². The van der Waals surface area contributed by atoms with Crippen molar-refractivity contribution in [3.05, 3.63) is 12.2 Å². The van der Waals surface area contributed by atoms with E-state index in [4.69, 9.17) is 9.47 Å². The van der Waals surface area contributed by atoms with Crippen LogP contribution in [0.2, 0.25) is 0 Å². The number of hydrogen-bond acceptors (Lipinski definition) is 4. The minimum absolute atomic E-state index is 0.169. The molecule has 0 N–H and O–H groups in total. The lowest BCUT2D eigenvalue weighted by atomic mass is 10.0. The molecule has 0 saturated carbocycles. The van der Waals surface area contributed by atoms with Crippen LogP contribution in [0, 0.1) is 0 Å². The van der Waals surface area contributed by atoms with Gasteiger partial charge in [-0.3, -0.25) is 9.59 Å². The quantitative estimate of drug-likeness (QED) is 0.0463. The van der Waals surface area contributed by atoms with E-state index < -0.39 is 0 Å². The number of unbranched alkanes of at least 4 members (excludes halogenated alkanes) is 23. The largest absolute Gasteiger partial charge is 0.462 e. The molecule has 0 saturated heterocycles. The zero-order chi connectivity index (χ0) is 29.2. The van der Waals surface area contributed by atoms with E-state index in [1.165, 1.54) is 141 Å². The van der Waals surface area contributed by atoms with Gasteiger partial charge in [-0.25, -0.2) is 0 Å². The van der Waals surface area contributed by atoms with Crippen LogP contribution in [-0.4, -0.2) is 25.2 Å². The normalized spacial score (nSPS) is 11.3. The molecule has 0 aliphatic rings. The highest BCUT2D eigenvalue weighted by Crippen LogP contribution is 2.13. The Hall–Kier alpha value is -1.32. The van der Waals surface area contributed by atoms with Gasteiger partial charge >= 0.3 is 11.9 Å². The van der Waals surface area contributed by atoms with Crippen molar-refractivity contribution in [2.24, 2.45) is 0 Å². The lowest BCUT2D eigenvalue weighted by Gasteiger charge is -2.07. The maximum atomic E-state index is 11.9. The Morgan fingerprint density at radius 3 is 1.00 bits per heavy atom. The number of ether oxygens (including phenoxy) is 2. The standard InChI is InChI=1S/C36H68O4/c1-3-5-7-9-11-13-15-17-18-20-22-24-26-28-30-32-36(38)40-34-33-39-35(37)31-29-27-25-23-21-19-16-14-12-10-8-6-4-2/h15,17H,3-14,16,18-34H2,1-2H3/b17-15+. The van der Waals surface area contributed by atoms with E-state index >= 15 is 0 Å². The first-order valence-corrected chi connectivity index (χ1v) is 17.7. The first-order chi connectivity index (χ1) is 19.7. The van der Waals surface area contributed by atoms with E-state index in [1.807, 2.05) is 0 Å². The Bertz CT molecular complexity index is 557. The molecule has 0 radical (unpaired) electrons. The number of esters is 2. The average molecular weight is 565 g/mol. The van der Waals surface area contributed by atoms with Crippen molar-refractivity contribution < 1.29 is 19.1 Å². The fraction of sp³-hybridized carbons (Fsp3) is 0.889. The van der Waals surface area contributed by atoms with Gasteiger partial charge < -0.3 is 9.47 Å². The number of carbonyl (C=O) groups is 2. The Balaban J connectivity index is 3.30. The van der Waals surface area contributed by atoms with E-state index in [9.17, 15) is 9.59 Å². The summed E-state index contributed by atoms with van der Waals surface area (Å²) in [5, 5.41) is 0. The summed E-state index contributed by atoms with van der Waals surface area (Å²) in [6, 6.07) is 0. The number of rotatable bonds is 32. The number of hydrogen-bond donors (Lipinski definition) is 0. The summed E-state index contributed by atoms with van der Waals surface area (Å²) in [6.07, 6.45) is 38.7. The van der Waals surface area contributed by atoms with E-state index in [1.54, 1.807) is 0 Å². The molecule has 0 heterocycles. The Labute approximate surface area is 249 Å². The van der Waals surface area contributed by atoms with Crippen LogP contribution in [0.15, 0.2) is 12.2 Å². The highest BCUT2D eigenvalue weighted by Gasteiger charge is 2.06. The Morgan fingerprint density at radius 2 is 0.675 bits per heavy atom. The molecule has 0 amide bonds. The van der Waals surface area contributed by atoms with Gasteiger partial charge in [0.1, 0.15) is 13.2 Å². The second-order valence-electron chi connectivity index (χ2n) is 11.8. The zero-order valence-electron chi connectivity index (χ0n) is 27.0. The van der Waals surface area contributed by atoms with E-state index in [0.717, 1.165) is 25.7 Å². The number of allylic oxidation sites excluding steroid dienone is 2. The predicted molar refractivity (Wildman–Crippen MR) is 172 cm³/mol. The van der Waals surface area contributed by atoms with Crippen LogP contribution in [0.25, 0.3) is 0 Å². The van der Waals surface area contributed by atoms with Crippen LogP contribution < -0.4 is 0 Å². The summed E-state index contributed by atoms with van der Waals surface area (Å²) in [5.74, 6) is -0.343. The lowest BCUT2D eigenvalue weighted by Crippen LogP contribution is -2.13. The molecular formula is C36H68O4. The van der Waals surface area contributed by atoms with Crippen LogP contribution in [0.1, 0.15) is 194 Å².